The van der Waals surface area contributed by atoms with Gasteiger partial charge in [-0.15, -0.1) is 0 Å². The van der Waals surface area contributed by atoms with Crippen molar-refractivity contribution in [2.45, 2.75) is 4.90 Å². The fraction of sp³-hybridized carbons (Fsp3) is 0. The van der Waals surface area contributed by atoms with Crippen molar-refractivity contribution in [3.63, 3.8) is 0 Å². The molecule has 2 rings (SSSR count). The fourth-order valence-corrected chi connectivity index (χ4v) is 2.41. The Kier molecular flexibility index (Phi) is 4.22. The van der Waals surface area contributed by atoms with Crippen LogP contribution in [0.25, 0.3) is 0 Å². The number of anilines is 2. The Balaban J connectivity index is 2.25. The van der Waals surface area contributed by atoms with Gasteiger partial charge >= 0.3 is 0 Å². The molecule has 20 heavy (non-hydrogen) atoms. The minimum absolute atomic E-state index is 0.0432. The first-order valence-corrected chi connectivity index (χ1v) is 7.52. The fourth-order valence-electron chi connectivity index (χ4n) is 1.34. The lowest BCUT2D eigenvalue weighted by atomic mass is 10.3. The number of benzene rings is 1. The molecular formula is C11H8Cl2N4O2S. The highest BCUT2D eigenvalue weighted by atomic mass is 35.5. The van der Waals surface area contributed by atoms with E-state index in [1.807, 2.05) is 0 Å². The number of halogens is 2. The first-order valence-electron chi connectivity index (χ1n) is 5.22. The quantitative estimate of drug-likeness (QED) is 0.927. The molecule has 0 aliphatic heterocycles. The van der Waals surface area contributed by atoms with Crippen LogP contribution in [0.4, 0.5) is 11.6 Å². The molecule has 0 fully saturated rings. The van der Waals surface area contributed by atoms with Crippen molar-refractivity contribution < 1.29 is 8.42 Å². The number of rotatable bonds is 4. The third-order valence-corrected chi connectivity index (χ3v) is 3.95. The summed E-state index contributed by atoms with van der Waals surface area (Å²) in [6.07, 6.45) is 0. The van der Waals surface area contributed by atoms with E-state index in [-0.39, 0.29) is 21.4 Å². The molecule has 0 unspecified atom stereocenters. The number of nitrogens with one attached hydrogen (secondary N) is 1. The van der Waals surface area contributed by atoms with E-state index in [9.17, 15) is 8.42 Å². The van der Waals surface area contributed by atoms with E-state index in [0.717, 1.165) is 5.41 Å². The van der Waals surface area contributed by atoms with Gasteiger partial charge in [-0.2, -0.15) is 15.0 Å². The summed E-state index contributed by atoms with van der Waals surface area (Å²) in [5, 5.41) is 3.63. The Morgan fingerprint density at radius 1 is 1.05 bits per heavy atom. The molecule has 0 bridgehead atoms. The number of aromatic nitrogens is 3. The molecule has 1 aromatic heterocycles. The van der Waals surface area contributed by atoms with Crippen LogP contribution in [0.2, 0.25) is 10.6 Å². The Morgan fingerprint density at radius 3 is 2.10 bits per heavy atom. The van der Waals surface area contributed by atoms with Gasteiger partial charge in [0.25, 0.3) is 0 Å². The summed E-state index contributed by atoms with van der Waals surface area (Å²) in [6.45, 7) is 3.26. The molecule has 0 spiro atoms. The highest BCUT2D eigenvalue weighted by Gasteiger charge is 2.09. The average molecular weight is 331 g/mol. The van der Waals surface area contributed by atoms with Crippen LogP contribution in [0.15, 0.2) is 41.1 Å². The van der Waals surface area contributed by atoms with Gasteiger partial charge in [-0.05, 0) is 47.5 Å². The highest BCUT2D eigenvalue weighted by Crippen LogP contribution is 2.19. The van der Waals surface area contributed by atoms with E-state index in [4.69, 9.17) is 23.2 Å². The van der Waals surface area contributed by atoms with E-state index in [0.29, 0.717) is 5.69 Å². The van der Waals surface area contributed by atoms with Crippen LogP contribution in [0.3, 0.4) is 0 Å². The second kappa shape index (κ2) is 5.74. The van der Waals surface area contributed by atoms with Gasteiger partial charge < -0.3 is 5.32 Å². The van der Waals surface area contributed by atoms with Crippen molar-refractivity contribution in [1.82, 2.24) is 15.0 Å². The van der Waals surface area contributed by atoms with Crippen molar-refractivity contribution in [3.05, 3.63) is 46.8 Å². The van der Waals surface area contributed by atoms with Gasteiger partial charge in [0.05, 0.1) is 4.90 Å². The molecule has 0 amide bonds. The zero-order valence-corrected chi connectivity index (χ0v) is 12.2. The van der Waals surface area contributed by atoms with Crippen LogP contribution in [0.1, 0.15) is 0 Å². The van der Waals surface area contributed by atoms with Crippen LogP contribution in [-0.2, 0) is 9.84 Å². The molecule has 6 nitrogen and oxygen atoms in total. The maximum Gasteiger partial charge on any atom is 0.232 e. The predicted molar refractivity (Wildman–Crippen MR) is 77.0 cm³/mol. The van der Waals surface area contributed by atoms with Crippen molar-refractivity contribution in [2.24, 2.45) is 0 Å². The predicted octanol–water partition coefficient (Wildman–Crippen LogP) is 2.84. The number of hydrogen-bond acceptors (Lipinski definition) is 6. The second-order valence-corrected chi connectivity index (χ2v) is 6.13. The Hall–Kier alpha value is -1.70. The lowest BCUT2D eigenvalue weighted by Crippen LogP contribution is -2.00. The summed E-state index contributed by atoms with van der Waals surface area (Å²) >= 11 is 11.3. The lowest BCUT2D eigenvalue weighted by molar-refractivity contribution is 0.605. The van der Waals surface area contributed by atoms with Crippen molar-refractivity contribution in [3.8, 4) is 0 Å². The number of hydrogen-bond donors (Lipinski definition) is 1. The van der Waals surface area contributed by atoms with Gasteiger partial charge in [-0.25, -0.2) is 8.42 Å². The largest absolute Gasteiger partial charge is 0.324 e. The summed E-state index contributed by atoms with van der Waals surface area (Å²) < 4.78 is 23.1. The van der Waals surface area contributed by atoms with Crippen LogP contribution < -0.4 is 5.32 Å². The number of sulfone groups is 1. The van der Waals surface area contributed by atoms with Crippen molar-refractivity contribution in [2.75, 3.05) is 5.32 Å². The van der Waals surface area contributed by atoms with E-state index in [2.05, 4.69) is 26.8 Å². The normalized spacial score (nSPS) is 11.1. The molecular weight excluding hydrogens is 323 g/mol. The van der Waals surface area contributed by atoms with E-state index < -0.39 is 9.84 Å². The summed E-state index contributed by atoms with van der Waals surface area (Å²) in [7, 11) is -3.45. The Labute approximate surface area is 125 Å². The van der Waals surface area contributed by atoms with Gasteiger partial charge in [-0.1, -0.05) is 6.58 Å². The van der Waals surface area contributed by atoms with Crippen molar-refractivity contribution in [1.29, 1.82) is 0 Å². The minimum atomic E-state index is -3.45. The van der Waals surface area contributed by atoms with E-state index in [1.54, 1.807) is 12.1 Å². The highest BCUT2D eigenvalue weighted by molar-refractivity contribution is 7.94. The van der Waals surface area contributed by atoms with Crippen molar-refractivity contribution >= 4 is 44.7 Å². The third-order valence-electron chi connectivity index (χ3n) is 2.24. The second-order valence-electron chi connectivity index (χ2n) is 3.56. The topological polar surface area (TPSA) is 84.8 Å². The van der Waals surface area contributed by atoms with E-state index >= 15 is 0 Å². The molecule has 104 valence electrons. The molecule has 2 aromatic rings. The molecule has 9 heteroatoms. The third kappa shape index (κ3) is 3.44. The molecule has 1 aromatic carbocycles. The molecule has 0 saturated heterocycles. The molecule has 1 heterocycles. The van der Waals surface area contributed by atoms with E-state index in [1.165, 1.54) is 12.1 Å². The maximum atomic E-state index is 11.6. The van der Waals surface area contributed by atoms with Crippen LogP contribution in [-0.4, -0.2) is 23.4 Å². The Morgan fingerprint density at radius 2 is 1.60 bits per heavy atom. The molecule has 0 radical (unpaired) electrons. The molecule has 0 atom stereocenters. The van der Waals surface area contributed by atoms with Gasteiger partial charge in [0.1, 0.15) is 0 Å². The zero-order chi connectivity index (χ0) is 14.8. The monoisotopic (exact) mass is 330 g/mol. The smallest absolute Gasteiger partial charge is 0.232 e. The van der Waals surface area contributed by atoms with Crippen LogP contribution >= 0.6 is 23.2 Å². The first-order chi connectivity index (χ1) is 9.40. The van der Waals surface area contributed by atoms with Crippen LogP contribution in [0.5, 0.6) is 0 Å². The first kappa shape index (κ1) is 14.7. The summed E-state index contributed by atoms with van der Waals surface area (Å²) in [5.74, 6) is 0.161. The van der Waals surface area contributed by atoms with Gasteiger partial charge in [0.2, 0.25) is 16.5 Å². The summed E-state index contributed by atoms with van der Waals surface area (Å²) in [5.41, 5.74) is 0.575. The average Bonchev–Trinajstić information content (AvgIpc) is 2.38. The summed E-state index contributed by atoms with van der Waals surface area (Å²) in [4.78, 5) is 11.4. The lowest BCUT2D eigenvalue weighted by Gasteiger charge is -2.05. The SMILES string of the molecule is C=CS(=O)(=O)c1ccc(Nc2nc(Cl)nc(Cl)n2)cc1. The van der Waals surface area contributed by atoms with Gasteiger partial charge in [-0.3, -0.25) is 0 Å². The van der Waals surface area contributed by atoms with Gasteiger partial charge in [0, 0.05) is 11.1 Å². The molecule has 0 aliphatic rings. The standard InChI is InChI=1S/C11H8Cl2N4O2S/c1-2-20(18,19)8-5-3-7(4-6-8)14-11-16-9(12)15-10(13)17-11/h2-6H,1H2,(H,14,15,16,17). The van der Waals surface area contributed by atoms with Gasteiger partial charge in [0.15, 0.2) is 9.84 Å². The summed E-state index contributed by atoms with van der Waals surface area (Å²) in [6, 6.07) is 5.98. The maximum absolute atomic E-state index is 11.6. The molecule has 0 aliphatic carbocycles. The minimum Gasteiger partial charge on any atom is -0.324 e. The zero-order valence-electron chi connectivity index (χ0n) is 9.92. The Bertz CT molecular complexity index is 727. The molecule has 0 saturated carbocycles. The number of nitrogens with zero attached hydrogens (tertiary/aromatic N) is 3. The molecule has 1 N–H and O–H groups in total. The van der Waals surface area contributed by atoms with Crippen LogP contribution in [0, 0.1) is 0 Å².